The molecule has 33 heavy (non-hydrogen) atoms. The maximum absolute atomic E-state index is 12.5. The monoisotopic (exact) mass is 481 g/mol. The van der Waals surface area contributed by atoms with Gasteiger partial charge in [0, 0.05) is 26.2 Å². The van der Waals surface area contributed by atoms with E-state index in [-0.39, 0.29) is 18.8 Å². The van der Waals surface area contributed by atoms with Gasteiger partial charge in [0.25, 0.3) is 10.2 Å². The molecule has 1 aliphatic carbocycles. The number of ether oxygens (including phenoxy) is 2. The summed E-state index contributed by atoms with van der Waals surface area (Å²) >= 11 is 0. The number of hydrogen-bond acceptors (Lipinski definition) is 5. The fraction of sp³-hybridized carbons (Fsp3) is 0.708. The highest BCUT2D eigenvalue weighted by Crippen LogP contribution is 2.36. The van der Waals surface area contributed by atoms with E-state index in [4.69, 9.17) is 9.47 Å². The molecule has 1 saturated heterocycles. The molecule has 3 rings (SSSR count). The van der Waals surface area contributed by atoms with Crippen LogP contribution in [-0.2, 0) is 26.1 Å². The Morgan fingerprint density at radius 3 is 2.45 bits per heavy atom. The van der Waals surface area contributed by atoms with Crippen molar-refractivity contribution in [2.24, 2.45) is 0 Å². The molecule has 1 aromatic rings. The van der Waals surface area contributed by atoms with E-state index in [1.807, 2.05) is 6.92 Å². The Labute approximate surface area is 198 Å². The molecule has 0 unspecified atom stereocenters. The number of benzene rings is 1. The second kappa shape index (κ2) is 11.2. The van der Waals surface area contributed by atoms with Gasteiger partial charge in [-0.2, -0.15) is 17.4 Å². The number of nitrogens with one attached hydrogen (secondary N) is 1. The number of carbonyl (C=O) groups is 1. The molecular formula is C24H39N3O5S. The van der Waals surface area contributed by atoms with Crippen molar-refractivity contribution < 1.29 is 22.7 Å². The summed E-state index contributed by atoms with van der Waals surface area (Å²) in [5.41, 5.74) is 2.88. The molecule has 0 aromatic heterocycles. The third-order valence-corrected chi connectivity index (χ3v) is 8.67. The highest BCUT2D eigenvalue weighted by molar-refractivity contribution is 7.87. The van der Waals surface area contributed by atoms with E-state index in [0.29, 0.717) is 12.3 Å². The van der Waals surface area contributed by atoms with Crippen LogP contribution in [0.1, 0.15) is 63.0 Å². The Kier molecular flexibility index (Phi) is 8.77. The minimum Gasteiger partial charge on any atom is -0.453 e. The van der Waals surface area contributed by atoms with Crippen LogP contribution in [0.25, 0.3) is 0 Å². The molecule has 3 atom stereocenters. The van der Waals surface area contributed by atoms with E-state index in [1.54, 1.807) is 4.90 Å². The summed E-state index contributed by atoms with van der Waals surface area (Å²) in [5, 5.41) is 0. The van der Waals surface area contributed by atoms with Gasteiger partial charge in [0.05, 0.1) is 25.9 Å². The number of methoxy groups -OCH3 is 1. The Morgan fingerprint density at radius 1 is 1.18 bits per heavy atom. The minimum absolute atomic E-state index is 0.108. The summed E-state index contributed by atoms with van der Waals surface area (Å²) < 4.78 is 40.1. The largest absolute Gasteiger partial charge is 0.453 e. The van der Waals surface area contributed by atoms with E-state index < -0.39 is 28.4 Å². The number of rotatable bonds is 8. The first kappa shape index (κ1) is 25.9. The topological polar surface area (TPSA) is 88.2 Å². The highest BCUT2D eigenvalue weighted by Gasteiger charge is 2.44. The van der Waals surface area contributed by atoms with Gasteiger partial charge in [0.1, 0.15) is 0 Å². The third-order valence-electron chi connectivity index (χ3n) is 7.11. The predicted molar refractivity (Wildman–Crippen MR) is 128 cm³/mol. The first-order chi connectivity index (χ1) is 15.7. The van der Waals surface area contributed by atoms with Crippen LogP contribution in [0.3, 0.4) is 0 Å². The van der Waals surface area contributed by atoms with Crippen molar-refractivity contribution in [3.8, 4) is 0 Å². The molecule has 186 valence electrons. The molecule has 0 spiro atoms. The molecule has 1 aromatic carbocycles. The molecule has 2 fully saturated rings. The van der Waals surface area contributed by atoms with E-state index in [9.17, 15) is 13.2 Å². The average Bonchev–Trinajstić information content (AvgIpc) is 3.11. The van der Waals surface area contributed by atoms with Gasteiger partial charge in [-0.3, -0.25) is 4.90 Å². The standard InChI is InChI=1S/C24H39N3O5S/c1-6-18-9-7-8-10-21(18)19-11-13-20(14-12-19)32-16-23-22(25-33(29,30)26(3)4)15-17(2)27(23)24(28)31-5/h7-10,17,19-20,22-23,25H,6,11-16H2,1-5H3/t17-,19?,20?,22+,23+/m1/s1. The smallest absolute Gasteiger partial charge is 0.410 e. The molecule has 0 bridgehead atoms. The predicted octanol–water partition coefficient (Wildman–Crippen LogP) is 3.29. The SMILES string of the molecule is CCc1ccccc1C1CCC(OC[C@H]2[C@@H](NS(=O)(=O)N(C)C)C[C@@H](C)N2C(=O)OC)CC1. The Morgan fingerprint density at radius 2 is 1.85 bits per heavy atom. The van der Waals surface area contributed by atoms with Gasteiger partial charge in [0.2, 0.25) is 0 Å². The van der Waals surface area contributed by atoms with Gasteiger partial charge in [-0.05, 0) is 62.5 Å². The lowest BCUT2D eigenvalue weighted by atomic mass is 9.80. The first-order valence-electron chi connectivity index (χ1n) is 11.9. The van der Waals surface area contributed by atoms with E-state index in [0.717, 1.165) is 36.4 Å². The van der Waals surface area contributed by atoms with Gasteiger partial charge in [-0.15, -0.1) is 0 Å². The molecule has 9 heteroatoms. The van der Waals surface area contributed by atoms with Crippen LogP contribution in [0.2, 0.25) is 0 Å². The summed E-state index contributed by atoms with van der Waals surface area (Å²) in [6.07, 6.45) is 5.25. The van der Waals surface area contributed by atoms with Crippen LogP contribution in [0.4, 0.5) is 4.79 Å². The Hall–Kier alpha value is -1.68. The van der Waals surface area contributed by atoms with Gasteiger partial charge < -0.3 is 9.47 Å². The van der Waals surface area contributed by atoms with Gasteiger partial charge >= 0.3 is 6.09 Å². The number of nitrogens with zero attached hydrogens (tertiary/aromatic N) is 2. The van der Waals surface area contributed by atoms with E-state index >= 15 is 0 Å². The van der Waals surface area contributed by atoms with Crippen molar-refractivity contribution in [2.45, 2.75) is 82.5 Å². The lowest BCUT2D eigenvalue weighted by molar-refractivity contribution is -0.00867. The lowest BCUT2D eigenvalue weighted by Gasteiger charge is -2.33. The van der Waals surface area contributed by atoms with Crippen molar-refractivity contribution in [3.63, 3.8) is 0 Å². The van der Waals surface area contributed by atoms with Crippen LogP contribution >= 0.6 is 0 Å². The van der Waals surface area contributed by atoms with Crippen molar-refractivity contribution >= 4 is 16.3 Å². The second-order valence-electron chi connectivity index (χ2n) is 9.40. The third kappa shape index (κ3) is 6.07. The fourth-order valence-electron chi connectivity index (χ4n) is 5.23. The summed E-state index contributed by atoms with van der Waals surface area (Å²) in [7, 11) is 0.685. The number of carbonyl (C=O) groups excluding carboxylic acids is 1. The van der Waals surface area contributed by atoms with Crippen LogP contribution < -0.4 is 4.72 Å². The summed E-state index contributed by atoms with van der Waals surface area (Å²) in [4.78, 5) is 14.1. The van der Waals surface area contributed by atoms with Crippen molar-refractivity contribution in [2.75, 3.05) is 27.8 Å². The van der Waals surface area contributed by atoms with Gasteiger partial charge in [0.15, 0.2) is 0 Å². The summed E-state index contributed by atoms with van der Waals surface area (Å²) in [6.45, 7) is 4.38. The minimum atomic E-state index is -3.63. The fourth-order valence-corrected chi connectivity index (χ4v) is 6.08. The van der Waals surface area contributed by atoms with Crippen LogP contribution in [0.15, 0.2) is 24.3 Å². The molecule has 1 N–H and O–H groups in total. The molecule has 0 radical (unpaired) electrons. The van der Waals surface area contributed by atoms with Gasteiger partial charge in [-0.25, -0.2) is 4.79 Å². The van der Waals surface area contributed by atoms with Crippen LogP contribution in [0.5, 0.6) is 0 Å². The van der Waals surface area contributed by atoms with Crippen LogP contribution in [0, 0.1) is 0 Å². The average molecular weight is 482 g/mol. The van der Waals surface area contributed by atoms with Crippen molar-refractivity contribution in [1.29, 1.82) is 0 Å². The van der Waals surface area contributed by atoms with Crippen LogP contribution in [-0.4, -0.2) is 75.8 Å². The zero-order valence-corrected chi connectivity index (χ0v) is 21.3. The molecule has 1 amide bonds. The molecule has 2 aliphatic rings. The summed E-state index contributed by atoms with van der Waals surface area (Å²) in [5.74, 6) is 0.554. The summed E-state index contributed by atoms with van der Waals surface area (Å²) in [6, 6.07) is 7.69. The normalized spacial score (nSPS) is 28.3. The number of aryl methyl sites for hydroxylation is 1. The Balaban J connectivity index is 1.64. The maximum atomic E-state index is 12.5. The highest BCUT2D eigenvalue weighted by atomic mass is 32.2. The van der Waals surface area contributed by atoms with E-state index in [1.165, 1.54) is 32.3 Å². The van der Waals surface area contributed by atoms with E-state index in [2.05, 4.69) is 35.9 Å². The molecule has 1 heterocycles. The van der Waals surface area contributed by atoms with Crippen molar-refractivity contribution in [3.05, 3.63) is 35.4 Å². The second-order valence-corrected chi connectivity index (χ2v) is 11.3. The molecule has 8 nitrogen and oxygen atoms in total. The maximum Gasteiger partial charge on any atom is 0.410 e. The number of likely N-dealkylation sites (tertiary alicyclic amines) is 1. The van der Waals surface area contributed by atoms with Crippen molar-refractivity contribution in [1.82, 2.24) is 13.9 Å². The molecule has 1 saturated carbocycles. The lowest BCUT2D eigenvalue weighted by Crippen LogP contribution is -2.52. The number of hydrogen-bond donors (Lipinski definition) is 1. The first-order valence-corrected chi connectivity index (χ1v) is 13.4. The zero-order valence-electron chi connectivity index (χ0n) is 20.5. The molecular weight excluding hydrogens is 442 g/mol. The molecule has 1 aliphatic heterocycles. The van der Waals surface area contributed by atoms with Gasteiger partial charge in [-0.1, -0.05) is 31.2 Å². The zero-order chi connectivity index (χ0) is 24.2. The quantitative estimate of drug-likeness (QED) is 0.616. The Bertz CT molecular complexity index is 899. The number of amides is 1.